The number of carbonyl (C=O) groups excluding carboxylic acids is 1. The van der Waals surface area contributed by atoms with Crippen LogP contribution in [0.5, 0.6) is 0 Å². The minimum Gasteiger partial charge on any atom is -0.459 e. The van der Waals surface area contributed by atoms with E-state index in [0.29, 0.717) is 12.3 Å². The van der Waals surface area contributed by atoms with Crippen LogP contribution in [0.3, 0.4) is 0 Å². The van der Waals surface area contributed by atoms with Crippen LogP contribution in [-0.4, -0.2) is 12.5 Å². The maximum Gasteiger partial charge on any atom is 0.287 e. The van der Waals surface area contributed by atoms with Gasteiger partial charge in [0.2, 0.25) is 0 Å². The second-order valence-corrected chi connectivity index (χ2v) is 4.37. The van der Waals surface area contributed by atoms with Gasteiger partial charge in [0.1, 0.15) is 0 Å². The van der Waals surface area contributed by atoms with E-state index in [9.17, 15) is 4.79 Å². The van der Waals surface area contributed by atoms with Crippen molar-refractivity contribution in [1.29, 1.82) is 0 Å². The van der Waals surface area contributed by atoms with Crippen molar-refractivity contribution in [1.82, 2.24) is 5.32 Å². The van der Waals surface area contributed by atoms with Gasteiger partial charge >= 0.3 is 0 Å². The first-order valence-corrected chi connectivity index (χ1v) is 6.05. The third kappa shape index (κ3) is 2.80. The van der Waals surface area contributed by atoms with E-state index in [1.54, 1.807) is 6.07 Å². The lowest BCUT2D eigenvalue weighted by Gasteiger charge is -2.06. The maximum absolute atomic E-state index is 11.8. The third-order valence-corrected chi connectivity index (χ3v) is 3.01. The minimum atomic E-state index is -0.147. The Labute approximate surface area is 107 Å². The smallest absolute Gasteiger partial charge is 0.287 e. The molecule has 2 rings (SSSR count). The molecule has 1 amide bonds. The van der Waals surface area contributed by atoms with E-state index in [-0.39, 0.29) is 5.91 Å². The van der Waals surface area contributed by atoms with Crippen molar-refractivity contribution in [2.75, 3.05) is 6.54 Å². The fourth-order valence-electron chi connectivity index (χ4n) is 1.89. The van der Waals surface area contributed by atoms with Crippen molar-refractivity contribution in [3.8, 4) is 0 Å². The third-order valence-electron chi connectivity index (χ3n) is 3.01. The summed E-state index contributed by atoms with van der Waals surface area (Å²) < 4.78 is 5.14. The summed E-state index contributed by atoms with van der Waals surface area (Å²) in [5.74, 6) is 0.255. The van der Waals surface area contributed by atoms with E-state index in [1.807, 2.05) is 19.1 Å². The standard InChI is InChI=1S/C15H17NO2/c1-11-5-3-4-6-13(11)7-9-16-15(17)14-12(2)8-10-18-14/h3-6,8,10H,7,9H2,1-2H3,(H,16,17). The number of amides is 1. The van der Waals surface area contributed by atoms with Crippen molar-refractivity contribution in [2.24, 2.45) is 0 Å². The minimum absolute atomic E-state index is 0.147. The van der Waals surface area contributed by atoms with Gasteiger partial charge in [-0.1, -0.05) is 24.3 Å². The van der Waals surface area contributed by atoms with Crippen molar-refractivity contribution < 1.29 is 9.21 Å². The normalized spacial score (nSPS) is 10.3. The van der Waals surface area contributed by atoms with Crippen LogP contribution in [0, 0.1) is 13.8 Å². The summed E-state index contributed by atoms with van der Waals surface area (Å²) in [5, 5.41) is 2.87. The summed E-state index contributed by atoms with van der Waals surface area (Å²) in [6.07, 6.45) is 2.36. The Morgan fingerprint density at radius 2 is 1.94 bits per heavy atom. The SMILES string of the molecule is Cc1ccccc1CCNC(=O)c1occc1C. The van der Waals surface area contributed by atoms with Crippen molar-refractivity contribution in [3.63, 3.8) is 0 Å². The van der Waals surface area contributed by atoms with Crippen LogP contribution in [0.1, 0.15) is 27.2 Å². The largest absolute Gasteiger partial charge is 0.459 e. The number of hydrogen-bond acceptors (Lipinski definition) is 2. The molecular weight excluding hydrogens is 226 g/mol. The van der Waals surface area contributed by atoms with Gasteiger partial charge in [0, 0.05) is 12.1 Å². The maximum atomic E-state index is 11.8. The molecule has 18 heavy (non-hydrogen) atoms. The van der Waals surface area contributed by atoms with Gasteiger partial charge in [-0.15, -0.1) is 0 Å². The molecule has 0 aliphatic heterocycles. The number of hydrogen-bond donors (Lipinski definition) is 1. The Balaban J connectivity index is 1.88. The van der Waals surface area contributed by atoms with Crippen molar-refractivity contribution >= 4 is 5.91 Å². The van der Waals surface area contributed by atoms with Gasteiger partial charge in [0.25, 0.3) is 5.91 Å². The summed E-state index contributed by atoms with van der Waals surface area (Å²) in [7, 11) is 0. The molecular formula is C15H17NO2. The van der Waals surface area contributed by atoms with Crippen molar-refractivity contribution in [3.05, 3.63) is 59.0 Å². The molecule has 1 heterocycles. The second kappa shape index (κ2) is 5.54. The molecule has 0 fully saturated rings. The van der Waals surface area contributed by atoms with E-state index in [4.69, 9.17) is 4.42 Å². The van der Waals surface area contributed by atoms with E-state index >= 15 is 0 Å². The molecule has 1 aromatic carbocycles. The Bertz CT molecular complexity index is 543. The fourth-order valence-corrected chi connectivity index (χ4v) is 1.89. The van der Waals surface area contributed by atoms with Crippen molar-refractivity contribution in [2.45, 2.75) is 20.3 Å². The molecule has 0 aliphatic rings. The zero-order chi connectivity index (χ0) is 13.0. The summed E-state index contributed by atoms with van der Waals surface area (Å²) in [5.41, 5.74) is 3.37. The molecule has 0 unspecified atom stereocenters. The lowest BCUT2D eigenvalue weighted by molar-refractivity contribution is 0.0925. The molecule has 0 saturated carbocycles. The van der Waals surface area contributed by atoms with E-state index < -0.39 is 0 Å². The first-order chi connectivity index (χ1) is 8.68. The number of benzene rings is 1. The molecule has 94 valence electrons. The fraction of sp³-hybridized carbons (Fsp3) is 0.267. The number of rotatable bonds is 4. The molecule has 0 aliphatic carbocycles. The molecule has 0 spiro atoms. The highest BCUT2D eigenvalue weighted by Gasteiger charge is 2.11. The van der Waals surface area contributed by atoms with Gasteiger partial charge in [-0.3, -0.25) is 4.79 Å². The molecule has 0 radical (unpaired) electrons. The highest BCUT2D eigenvalue weighted by Crippen LogP contribution is 2.09. The van der Waals surface area contributed by atoms with Gasteiger partial charge in [0.05, 0.1) is 6.26 Å². The zero-order valence-electron chi connectivity index (χ0n) is 10.7. The topological polar surface area (TPSA) is 42.2 Å². The van der Waals surface area contributed by atoms with Gasteiger partial charge in [-0.25, -0.2) is 0 Å². The quantitative estimate of drug-likeness (QED) is 0.897. The summed E-state index contributed by atoms with van der Waals surface area (Å²) in [6, 6.07) is 9.98. The molecule has 1 N–H and O–H groups in total. The molecule has 0 bridgehead atoms. The monoisotopic (exact) mass is 243 g/mol. The Kier molecular flexibility index (Phi) is 3.82. The molecule has 3 heteroatoms. The van der Waals surface area contributed by atoms with Crippen LogP contribution >= 0.6 is 0 Å². The number of furan rings is 1. The molecule has 2 aromatic rings. The molecule has 3 nitrogen and oxygen atoms in total. The molecule has 0 atom stereocenters. The number of carbonyl (C=O) groups is 1. The number of aryl methyl sites for hydroxylation is 2. The van der Waals surface area contributed by atoms with Gasteiger partial charge in [-0.05, 0) is 37.5 Å². The first kappa shape index (κ1) is 12.4. The van der Waals surface area contributed by atoms with Gasteiger partial charge in [-0.2, -0.15) is 0 Å². The van der Waals surface area contributed by atoms with Crippen LogP contribution in [0.25, 0.3) is 0 Å². The summed E-state index contributed by atoms with van der Waals surface area (Å²) in [6.45, 7) is 4.55. The van der Waals surface area contributed by atoms with Crippen LogP contribution in [0.15, 0.2) is 41.0 Å². The highest BCUT2D eigenvalue weighted by molar-refractivity contribution is 5.92. The van der Waals surface area contributed by atoms with Gasteiger partial charge < -0.3 is 9.73 Å². The first-order valence-electron chi connectivity index (χ1n) is 6.05. The van der Waals surface area contributed by atoms with Crippen LogP contribution < -0.4 is 5.32 Å². The number of nitrogens with one attached hydrogen (secondary N) is 1. The average Bonchev–Trinajstić information content (AvgIpc) is 2.78. The van der Waals surface area contributed by atoms with E-state index in [1.165, 1.54) is 17.4 Å². The Hall–Kier alpha value is -2.03. The lowest BCUT2D eigenvalue weighted by Crippen LogP contribution is -2.26. The average molecular weight is 243 g/mol. The predicted molar refractivity (Wildman–Crippen MR) is 70.7 cm³/mol. The second-order valence-electron chi connectivity index (χ2n) is 4.37. The molecule has 0 saturated heterocycles. The zero-order valence-corrected chi connectivity index (χ0v) is 10.7. The highest BCUT2D eigenvalue weighted by atomic mass is 16.3. The molecule has 1 aromatic heterocycles. The van der Waals surface area contributed by atoms with Crippen LogP contribution in [0.2, 0.25) is 0 Å². The Morgan fingerprint density at radius 1 is 1.17 bits per heavy atom. The van der Waals surface area contributed by atoms with Gasteiger partial charge in [0.15, 0.2) is 5.76 Å². The Morgan fingerprint density at radius 3 is 2.61 bits per heavy atom. The van der Waals surface area contributed by atoms with E-state index in [2.05, 4.69) is 24.4 Å². The van der Waals surface area contributed by atoms with Crippen LogP contribution in [-0.2, 0) is 6.42 Å². The summed E-state index contributed by atoms with van der Waals surface area (Å²) in [4.78, 5) is 11.8. The van der Waals surface area contributed by atoms with E-state index in [0.717, 1.165) is 12.0 Å². The summed E-state index contributed by atoms with van der Waals surface area (Å²) >= 11 is 0. The lowest BCUT2D eigenvalue weighted by atomic mass is 10.1. The van der Waals surface area contributed by atoms with Crippen LogP contribution in [0.4, 0.5) is 0 Å². The predicted octanol–water partition coefficient (Wildman–Crippen LogP) is 2.87.